The second-order valence-electron chi connectivity index (χ2n) is 3.69. The van der Waals surface area contributed by atoms with E-state index in [2.05, 4.69) is 30.2 Å². The summed E-state index contributed by atoms with van der Waals surface area (Å²) in [5, 5.41) is 8.32. The van der Waals surface area contributed by atoms with Crippen molar-refractivity contribution in [3.8, 4) is 0 Å². The first kappa shape index (κ1) is 9.19. The van der Waals surface area contributed by atoms with Crippen molar-refractivity contribution in [2.24, 2.45) is 0 Å². The van der Waals surface area contributed by atoms with E-state index in [0.717, 1.165) is 11.2 Å². The molecule has 3 heteroatoms. The van der Waals surface area contributed by atoms with E-state index >= 15 is 0 Å². The summed E-state index contributed by atoms with van der Waals surface area (Å²) < 4.78 is 1.83. The van der Waals surface area contributed by atoms with Crippen LogP contribution in [0.5, 0.6) is 0 Å². The lowest BCUT2D eigenvalue weighted by molar-refractivity contribution is 0.647. The van der Waals surface area contributed by atoms with Gasteiger partial charge >= 0.3 is 0 Å². The van der Waals surface area contributed by atoms with Gasteiger partial charge in [-0.1, -0.05) is 31.5 Å². The van der Waals surface area contributed by atoms with E-state index in [9.17, 15) is 0 Å². The van der Waals surface area contributed by atoms with Crippen molar-refractivity contribution in [3.63, 3.8) is 0 Å². The Morgan fingerprint density at radius 2 is 2.29 bits per heavy atom. The van der Waals surface area contributed by atoms with Crippen LogP contribution in [0.1, 0.15) is 38.3 Å². The number of rotatable bonds is 3. The molecule has 0 saturated heterocycles. The number of fused-ring (bicyclic) bond motifs is 1. The van der Waals surface area contributed by atoms with Crippen LogP contribution in [-0.2, 0) is 0 Å². The lowest BCUT2D eigenvalue weighted by Crippen LogP contribution is -1.94. The number of pyridine rings is 1. The highest BCUT2D eigenvalue weighted by molar-refractivity contribution is 5.51. The first-order valence-corrected chi connectivity index (χ1v) is 5.13. The van der Waals surface area contributed by atoms with E-state index in [1.54, 1.807) is 0 Å². The fourth-order valence-corrected chi connectivity index (χ4v) is 1.78. The van der Waals surface area contributed by atoms with Gasteiger partial charge in [0.15, 0.2) is 0 Å². The van der Waals surface area contributed by atoms with Crippen molar-refractivity contribution >= 4 is 5.52 Å². The molecule has 2 heterocycles. The fourth-order valence-electron chi connectivity index (χ4n) is 1.78. The van der Waals surface area contributed by atoms with Crippen LogP contribution in [0.2, 0.25) is 0 Å². The van der Waals surface area contributed by atoms with Crippen molar-refractivity contribution in [1.82, 2.24) is 14.8 Å². The molecule has 0 saturated carbocycles. The van der Waals surface area contributed by atoms with Gasteiger partial charge in [0.1, 0.15) is 0 Å². The van der Waals surface area contributed by atoms with Gasteiger partial charge in [0.05, 0.1) is 11.2 Å². The summed E-state index contributed by atoms with van der Waals surface area (Å²) >= 11 is 0. The van der Waals surface area contributed by atoms with Crippen LogP contribution in [-0.4, -0.2) is 14.8 Å². The van der Waals surface area contributed by atoms with Crippen LogP contribution in [0.15, 0.2) is 24.4 Å². The van der Waals surface area contributed by atoms with Crippen LogP contribution in [0.25, 0.3) is 5.52 Å². The van der Waals surface area contributed by atoms with Crippen LogP contribution in [0.4, 0.5) is 0 Å². The SMILES string of the molecule is CCCC(C)c1nnn2ccccc12. The van der Waals surface area contributed by atoms with Crippen molar-refractivity contribution in [2.45, 2.75) is 32.6 Å². The molecule has 3 nitrogen and oxygen atoms in total. The Labute approximate surface area is 83.8 Å². The van der Waals surface area contributed by atoms with E-state index in [1.165, 1.54) is 12.8 Å². The van der Waals surface area contributed by atoms with E-state index in [1.807, 2.05) is 22.8 Å². The molecule has 0 spiro atoms. The molecule has 0 amide bonds. The molecule has 1 unspecified atom stereocenters. The van der Waals surface area contributed by atoms with Gasteiger partial charge in [-0.2, -0.15) is 0 Å². The fraction of sp³-hybridized carbons (Fsp3) is 0.455. The van der Waals surface area contributed by atoms with E-state index in [0.29, 0.717) is 5.92 Å². The van der Waals surface area contributed by atoms with Gasteiger partial charge in [0.2, 0.25) is 0 Å². The van der Waals surface area contributed by atoms with Crippen LogP contribution in [0.3, 0.4) is 0 Å². The van der Waals surface area contributed by atoms with Crippen LogP contribution >= 0.6 is 0 Å². The van der Waals surface area contributed by atoms with Gasteiger partial charge in [-0.25, -0.2) is 4.52 Å². The zero-order valence-corrected chi connectivity index (χ0v) is 8.64. The maximum Gasteiger partial charge on any atom is 0.0933 e. The summed E-state index contributed by atoms with van der Waals surface area (Å²) in [5.41, 5.74) is 2.25. The summed E-state index contributed by atoms with van der Waals surface area (Å²) in [4.78, 5) is 0. The Balaban J connectivity index is 2.42. The van der Waals surface area contributed by atoms with Crippen molar-refractivity contribution in [3.05, 3.63) is 30.1 Å². The summed E-state index contributed by atoms with van der Waals surface area (Å²) in [6, 6.07) is 6.07. The third kappa shape index (κ3) is 1.50. The average Bonchev–Trinajstić information content (AvgIpc) is 2.61. The lowest BCUT2D eigenvalue weighted by Gasteiger charge is -2.05. The molecule has 0 aliphatic heterocycles. The van der Waals surface area contributed by atoms with Crippen LogP contribution < -0.4 is 0 Å². The summed E-state index contributed by atoms with van der Waals surface area (Å²) in [6.07, 6.45) is 4.29. The first-order chi connectivity index (χ1) is 6.83. The predicted octanol–water partition coefficient (Wildman–Crippen LogP) is 2.63. The number of hydrogen-bond donors (Lipinski definition) is 0. The molecule has 2 rings (SSSR count). The molecule has 14 heavy (non-hydrogen) atoms. The van der Waals surface area contributed by atoms with Gasteiger partial charge in [-0.15, -0.1) is 5.10 Å². The summed E-state index contributed by atoms with van der Waals surface area (Å²) in [7, 11) is 0. The summed E-state index contributed by atoms with van der Waals surface area (Å²) in [6.45, 7) is 4.41. The highest BCUT2D eigenvalue weighted by Gasteiger charge is 2.11. The predicted molar refractivity (Wildman–Crippen MR) is 56.3 cm³/mol. The largest absolute Gasteiger partial charge is 0.220 e. The third-order valence-corrected chi connectivity index (χ3v) is 2.54. The zero-order chi connectivity index (χ0) is 9.97. The Bertz CT molecular complexity index is 419. The number of aromatic nitrogens is 3. The van der Waals surface area contributed by atoms with Crippen molar-refractivity contribution < 1.29 is 0 Å². The molecule has 0 aromatic carbocycles. The van der Waals surface area contributed by atoms with Gasteiger partial charge in [0, 0.05) is 12.1 Å². The van der Waals surface area contributed by atoms with E-state index in [4.69, 9.17) is 0 Å². The molecule has 74 valence electrons. The number of hydrogen-bond acceptors (Lipinski definition) is 2. The molecule has 2 aromatic heterocycles. The molecule has 0 fully saturated rings. The quantitative estimate of drug-likeness (QED) is 0.743. The monoisotopic (exact) mass is 189 g/mol. The molecule has 0 bridgehead atoms. The molecule has 1 atom stereocenters. The maximum absolute atomic E-state index is 4.23. The number of nitrogens with zero attached hydrogens (tertiary/aromatic N) is 3. The minimum Gasteiger partial charge on any atom is -0.220 e. The topological polar surface area (TPSA) is 30.2 Å². The highest BCUT2D eigenvalue weighted by Crippen LogP contribution is 2.22. The Hall–Kier alpha value is -1.38. The molecule has 0 N–H and O–H groups in total. The molecule has 2 aromatic rings. The lowest BCUT2D eigenvalue weighted by atomic mass is 10.0. The first-order valence-electron chi connectivity index (χ1n) is 5.13. The van der Waals surface area contributed by atoms with E-state index in [-0.39, 0.29) is 0 Å². The average molecular weight is 189 g/mol. The van der Waals surface area contributed by atoms with Gasteiger partial charge in [-0.05, 0) is 18.6 Å². The van der Waals surface area contributed by atoms with Crippen molar-refractivity contribution in [1.29, 1.82) is 0 Å². The molecule has 0 aliphatic rings. The van der Waals surface area contributed by atoms with Crippen molar-refractivity contribution in [2.75, 3.05) is 0 Å². The van der Waals surface area contributed by atoms with E-state index < -0.39 is 0 Å². The maximum atomic E-state index is 4.23. The normalized spacial score (nSPS) is 13.3. The third-order valence-electron chi connectivity index (χ3n) is 2.54. The van der Waals surface area contributed by atoms with Gasteiger partial charge in [-0.3, -0.25) is 0 Å². The smallest absolute Gasteiger partial charge is 0.0933 e. The molecule has 0 radical (unpaired) electrons. The van der Waals surface area contributed by atoms with Gasteiger partial charge < -0.3 is 0 Å². The molecule has 0 aliphatic carbocycles. The second-order valence-corrected chi connectivity index (χ2v) is 3.69. The molecular weight excluding hydrogens is 174 g/mol. The Morgan fingerprint density at radius 1 is 1.43 bits per heavy atom. The minimum atomic E-state index is 0.500. The summed E-state index contributed by atoms with van der Waals surface area (Å²) in [5.74, 6) is 0.500. The Morgan fingerprint density at radius 3 is 3.07 bits per heavy atom. The second kappa shape index (κ2) is 3.78. The standard InChI is InChI=1S/C11H15N3/c1-3-6-9(2)11-10-7-4-5-8-14(10)13-12-11/h4-5,7-9H,3,6H2,1-2H3. The zero-order valence-electron chi connectivity index (χ0n) is 8.64. The minimum absolute atomic E-state index is 0.500. The highest BCUT2D eigenvalue weighted by atomic mass is 15.4. The Kier molecular flexibility index (Phi) is 2.48. The van der Waals surface area contributed by atoms with Gasteiger partial charge in [0.25, 0.3) is 0 Å². The van der Waals surface area contributed by atoms with Crippen LogP contribution in [0, 0.1) is 0 Å². The molecular formula is C11H15N3.